The van der Waals surface area contributed by atoms with Crippen molar-refractivity contribution in [3.63, 3.8) is 0 Å². The molecule has 0 spiro atoms. The lowest BCUT2D eigenvalue weighted by Crippen LogP contribution is -2.50. The van der Waals surface area contributed by atoms with E-state index in [4.69, 9.17) is 0 Å². The van der Waals surface area contributed by atoms with Gasteiger partial charge in [-0.1, -0.05) is 11.3 Å². The van der Waals surface area contributed by atoms with Crippen molar-refractivity contribution in [1.29, 1.82) is 0 Å². The fourth-order valence-electron chi connectivity index (χ4n) is 4.09. The highest BCUT2D eigenvalue weighted by molar-refractivity contribution is 7.21. The number of carbonyl (C=O) groups is 2. The number of hydrogen-bond acceptors (Lipinski definition) is 6. The van der Waals surface area contributed by atoms with E-state index in [0.29, 0.717) is 26.2 Å². The van der Waals surface area contributed by atoms with Crippen LogP contribution in [0.25, 0.3) is 10.3 Å². The molecule has 2 fully saturated rings. The summed E-state index contributed by atoms with van der Waals surface area (Å²) in [6.07, 6.45) is 1.78. The molecule has 4 heterocycles. The van der Waals surface area contributed by atoms with Gasteiger partial charge in [0, 0.05) is 57.1 Å². The standard InChI is InChI=1S/C21H19F2N5O2S/c22-14-9-15(23)11-16(10-14)28-12-13(8-18(28)29)20(30)26-4-6-27(7-5-26)21-25-17-2-1-3-24-19(17)31-21/h1-3,9-11,13H,4-8,12H2. The zero-order chi connectivity index (χ0) is 21.5. The predicted molar refractivity (Wildman–Crippen MR) is 113 cm³/mol. The van der Waals surface area contributed by atoms with Gasteiger partial charge >= 0.3 is 0 Å². The number of piperazine rings is 1. The second-order valence-electron chi connectivity index (χ2n) is 7.67. The number of fused-ring (bicyclic) bond motifs is 1. The lowest BCUT2D eigenvalue weighted by molar-refractivity contribution is -0.136. The smallest absolute Gasteiger partial charge is 0.228 e. The quantitative estimate of drug-likeness (QED) is 0.623. The van der Waals surface area contributed by atoms with Crippen LogP contribution in [0.3, 0.4) is 0 Å². The number of carbonyl (C=O) groups excluding carboxylic acids is 2. The molecule has 1 atom stereocenters. The van der Waals surface area contributed by atoms with Crippen molar-refractivity contribution < 1.29 is 18.4 Å². The molecule has 2 saturated heterocycles. The minimum absolute atomic E-state index is 0.0424. The first-order valence-electron chi connectivity index (χ1n) is 10.00. The van der Waals surface area contributed by atoms with Crippen molar-refractivity contribution in [2.24, 2.45) is 5.92 Å². The van der Waals surface area contributed by atoms with Crippen LogP contribution < -0.4 is 9.80 Å². The molecule has 2 aliphatic rings. The van der Waals surface area contributed by atoms with Crippen LogP contribution in [0.15, 0.2) is 36.5 Å². The van der Waals surface area contributed by atoms with Crippen molar-refractivity contribution in [1.82, 2.24) is 14.9 Å². The Hall–Kier alpha value is -3.14. The van der Waals surface area contributed by atoms with Crippen LogP contribution in [0.5, 0.6) is 0 Å². The Labute approximate surface area is 180 Å². The van der Waals surface area contributed by atoms with Crippen LogP contribution in [0.1, 0.15) is 6.42 Å². The fraction of sp³-hybridized carbons (Fsp3) is 0.333. The highest BCUT2D eigenvalue weighted by Gasteiger charge is 2.38. The van der Waals surface area contributed by atoms with Crippen LogP contribution >= 0.6 is 11.3 Å². The van der Waals surface area contributed by atoms with Crippen molar-refractivity contribution in [3.05, 3.63) is 48.2 Å². The first kappa shape index (κ1) is 19.8. The number of nitrogens with zero attached hydrogens (tertiary/aromatic N) is 5. The molecule has 31 heavy (non-hydrogen) atoms. The van der Waals surface area contributed by atoms with Gasteiger partial charge in [-0.2, -0.15) is 0 Å². The number of aromatic nitrogens is 2. The summed E-state index contributed by atoms with van der Waals surface area (Å²) < 4.78 is 27.1. The minimum atomic E-state index is -0.751. The van der Waals surface area contributed by atoms with Gasteiger partial charge in [-0.05, 0) is 24.3 Å². The minimum Gasteiger partial charge on any atom is -0.344 e. The second kappa shape index (κ2) is 7.84. The maximum atomic E-state index is 13.5. The van der Waals surface area contributed by atoms with Crippen LogP contribution in [0.2, 0.25) is 0 Å². The third kappa shape index (κ3) is 3.83. The van der Waals surface area contributed by atoms with Gasteiger partial charge in [0.25, 0.3) is 0 Å². The highest BCUT2D eigenvalue weighted by Crippen LogP contribution is 2.30. The predicted octanol–water partition coefficient (Wildman–Crippen LogP) is 2.67. The largest absolute Gasteiger partial charge is 0.344 e. The number of amides is 2. The first-order chi connectivity index (χ1) is 15.0. The summed E-state index contributed by atoms with van der Waals surface area (Å²) in [4.78, 5) is 40.4. The highest BCUT2D eigenvalue weighted by atomic mass is 32.1. The maximum absolute atomic E-state index is 13.5. The van der Waals surface area contributed by atoms with Gasteiger partial charge in [0.05, 0.1) is 5.92 Å². The molecule has 0 bridgehead atoms. The Morgan fingerprint density at radius 1 is 1.10 bits per heavy atom. The Kier molecular flexibility index (Phi) is 5.01. The van der Waals surface area contributed by atoms with Gasteiger partial charge in [0.1, 0.15) is 22.0 Å². The Morgan fingerprint density at radius 3 is 2.55 bits per heavy atom. The van der Waals surface area contributed by atoms with Gasteiger partial charge in [-0.25, -0.2) is 18.7 Å². The monoisotopic (exact) mass is 443 g/mol. The van der Waals surface area contributed by atoms with Gasteiger partial charge in [0.2, 0.25) is 11.8 Å². The number of halogens is 2. The Bertz CT molecular complexity index is 1110. The summed E-state index contributed by atoms with van der Waals surface area (Å²) in [5.41, 5.74) is 1.01. The molecular formula is C21H19F2N5O2S. The van der Waals surface area contributed by atoms with Crippen LogP contribution in [-0.4, -0.2) is 59.4 Å². The fourth-order valence-corrected chi connectivity index (χ4v) is 5.05. The number of thiazole rings is 1. The molecule has 3 aromatic rings. The maximum Gasteiger partial charge on any atom is 0.228 e. The third-order valence-electron chi connectivity index (χ3n) is 5.65. The van der Waals surface area contributed by atoms with E-state index in [0.717, 1.165) is 33.7 Å². The van der Waals surface area contributed by atoms with E-state index < -0.39 is 17.6 Å². The molecule has 0 N–H and O–H groups in total. The normalized spacial score (nSPS) is 19.5. The zero-order valence-electron chi connectivity index (χ0n) is 16.5. The molecule has 160 valence electrons. The Balaban J connectivity index is 1.23. The summed E-state index contributed by atoms with van der Waals surface area (Å²) in [7, 11) is 0. The van der Waals surface area contributed by atoms with E-state index in [9.17, 15) is 18.4 Å². The summed E-state index contributed by atoms with van der Waals surface area (Å²) in [6, 6.07) is 6.76. The third-order valence-corrected chi connectivity index (χ3v) is 6.69. The first-order valence-corrected chi connectivity index (χ1v) is 10.8. The van der Waals surface area contributed by atoms with E-state index >= 15 is 0 Å². The molecule has 0 saturated carbocycles. The lowest BCUT2D eigenvalue weighted by atomic mass is 10.1. The molecule has 7 nitrogen and oxygen atoms in total. The van der Waals surface area contributed by atoms with E-state index in [-0.39, 0.29) is 30.5 Å². The number of anilines is 2. The summed E-state index contributed by atoms with van der Waals surface area (Å²) in [5.74, 6) is -2.42. The number of pyridine rings is 1. The Morgan fingerprint density at radius 2 is 1.84 bits per heavy atom. The molecule has 10 heteroatoms. The van der Waals surface area contributed by atoms with Crippen LogP contribution in [-0.2, 0) is 9.59 Å². The summed E-state index contributed by atoms with van der Waals surface area (Å²) in [6.45, 7) is 2.48. The average Bonchev–Trinajstić information content (AvgIpc) is 3.36. The number of rotatable bonds is 3. The van der Waals surface area contributed by atoms with Crippen LogP contribution in [0, 0.1) is 17.6 Å². The van der Waals surface area contributed by atoms with Crippen molar-refractivity contribution in [2.75, 3.05) is 42.5 Å². The molecule has 0 aliphatic carbocycles. The van der Waals surface area contributed by atoms with E-state index in [1.54, 1.807) is 11.1 Å². The molecule has 2 amide bonds. The molecule has 2 aromatic heterocycles. The SMILES string of the molecule is O=C(C1CC(=O)N(c2cc(F)cc(F)c2)C1)N1CCN(c2nc3cccnc3s2)CC1. The zero-order valence-corrected chi connectivity index (χ0v) is 17.3. The average molecular weight is 443 g/mol. The molecule has 1 unspecified atom stereocenters. The van der Waals surface area contributed by atoms with Crippen molar-refractivity contribution in [3.8, 4) is 0 Å². The van der Waals surface area contributed by atoms with E-state index in [1.165, 1.54) is 16.2 Å². The molecular weight excluding hydrogens is 424 g/mol. The number of benzene rings is 1. The number of hydrogen-bond donors (Lipinski definition) is 0. The molecule has 0 radical (unpaired) electrons. The van der Waals surface area contributed by atoms with Crippen molar-refractivity contribution >= 4 is 44.3 Å². The molecule has 2 aliphatic heterocycles. The van der Waals surface area contributed by atoms with Gasteiger partial charge in [-0.3, -0.25) is 9.59 Å². The van der Waals surface area contributed by atoms with E-state index in [2.05, 4.69) is 14.9 Å². The topological polar surface area (TPSA) is 69.6 Å². The lowest BCUT2D eigenvalue weighted by Gasteiger charge is -2.35. The second-order valence-corrected chi connectivity index (χ2v) is 8.63. The molecule has 5 rings (SSSR count). The van der Waals surface area contributed by atoms with E-state index in [1.807, 2.05) is 12.1 Å². The summed E-state index contributed by atoms with van der Waals surface area (Å²) >= 11 is 1.53. The van der Waals surface area contributed by atoms with Gasteiger partial charge < -0.3 is 14.7 Å². The van der Waals surface area contributed by atoms with Crippen LogP contribution in [0.4, 0.5) is 19.6 Å². The van der Waals surface area contributed by atoms with Crippen molar-refractivity contribution in [2.45, 2.75) is 6.42 Å². The van der Waals surface area contributed by atoms with Gasteiger partial charge in [-0.15, -0.1) is 0 Å². The van der Waals surface area contributed by atoms with Gasteiger partial charge in [0.15, 0.2) is 5.13 Å². The summed E-state index contributed by atoms with van der Waals surface area (Å²) in [5, 5.41) is 0.885. The molecule has 1 aromatic carbocycles.